The first kappa shape index (κ1) is 15.9. The van der Waals surface area contributed by atoms with E-state index in [0.29, 0.717) is 12.1 Å². The fourth-order valence-corrected chi connectivity index (χ4v) is 2.67. The Bertz CT molecular complexity index is 724. The second-order valence-corrected chi connectivity index (χ2v) is 5.70. The highest BCUT2D eigenvalue weighted by Gasteiger charge is 2.30. The highest BCUT2D eigenvalue weighted by molar-refractivity contribution is 6.33. The number of benzene rings is 2. The molecule has 3 rings (SSSR count). The van der Waals surface area contributed by atoms with Crippen LogP contribution in [0.2, 0.25) is 5.02 Å². The SMILES string of the molecule is O=C(Nc1ccc(F)cc1Cl)C1CC(c2ccc(F)cc2)NN1. The number of nitrogens with one attached hydrogen (secondary N) is 3. The maximum Gasteiger partial charge on any atom is 0.242 e. The lowest BCUT2D eigenvalue weighted by Gasteiger charge is -2.12. The van der Waals surface area contributed by atoms with Crippen LogP contribution in [0, 0.1) is 11.6 Å². The number of carbonyl (C=O) groups excluding carboxylic acids is 1. The van der Waals surface area contributed by atoms with Crippen molar-refractivity contribution in [2.24, 2.45) is 0 Å². The predicted octanol–water partition coefficient (Wildman–Crippen LogP) is 3.16. The third-order valence-corrected chi connectivity index (χ3v) is 3.99. The van der Waals surface area contributed by atoms with Gasteiger partial charge in [-0.05, 0) is 42.3 Å². The van der Waals surface area contributed by atoms with Crippen LogP contribution in [-0.4, -0.2) is 11.9 Å². The molecule has 23 heavy (non-hydrogen) atoms. The summed E-state index contributed by atoms with van der Waals surface area (Å²) < 4.78 is 26.0. The van der Waals surface area contributed by atoms with Crippen LogP contribution in [0.3, 0.4) is 0 Å². The topological polar surface area (TPSA) is 53.2 Å². The fraction of sp³-hybridized carbons (Fsp3) is 0.188. The van der Waals surface area contributed by atoms with E-state index in [1.807, 2.05) is 0 Å². The van der Waals surface area contributed by atoms with Crippen LogP contribution >= 0.6 is 11.6 Å². The van der Waals surface area contributed by atoms with Crippen molar-refractivity contribution in [3.05, 3.63) is 64.7 Å². The van der Waals surface area contributed by atoms with Gasteiger partial charge in [0, 0.05) is 6.04 Å². The molecule has 0 radical (unpaired) electrons. The van der Waals surface area contributed by atoms with Crippen molar-refractivity contribution in [3.63, 3.8) is 0 Å². The normalized spacial score (nSPS) is 20.5. The lowest BCUT2D eigenvalue weighted by molar-refractivity contribution is -0.117. The summed E-state index contributed by atoms with van der Waals surface area (Å²) in [6, 6.07) is 9.29. The Morgan fingerprint density at radius 3 is 2.48 bits per heavy atom. The molecule has 2 aromatic rings. The summed E-state index contributed by atoms with van der Waals surface area (Å²) in [5.41, 5.74) is 7.14. The average Bonchev–Trinajstić information content (AvgIpc) is 3.01. The summed E-state index contributed by atoms with van der Waals surface area (Å²) in [5.74, 6) is -1.05. The van der Waals surface area contributed by atoms with E-state index in [1.165, 1.54) is 24.3 Å². The lowest BCUT2D eigenvalue weighted by atomic mass is 10.0. The molecule has 1 aliphatic heterocycles. The molecule has 1 fully saturated rings. The van der Waals surface area contributed by atoms with E-state index >= 15 is 0 Å². The van der Waals surface area contributed by atoms with Crippen LogP contribution in [0.15, 0.2) is 42.5 Å². The van der Waals surface area contributed by atoms with Gasteiger partial charge in [0.05, 0.1) is 10.7 Å². The summed E-state index contributed by atoms with van der Waals surface area (Å²) >= 11 is 5.89. The highest BCUT2D eigenvalue weighted by Crippen LogP contribution is 2.25. The van der Waals surface area contributed by atoms with Crippen LogP contribution in [0.5, 0.6) is 0 Å². The van der Waals surface area contributed by atoms with E-state index in [-0.39, 0.29) is 22.8 Å². The number of carbonyl (C=O) groups is 1. The number of hydrogen-bond acceptors (Lipinski definition) is 3. The second kappa shape index (κ2) is 6.62. The first-order chi connectivity index (χ1) is 11.0. The van der Waals surface area contributed by atoms with Crippen LogP contribution in [0.25, 0.3) is 0 Å². The van der Waals surface area contributed by atoms with Crippen molar-refractivity contribution in [1.29, 1.82) is 0 Å². The third-order valence-electron chi connectivity index (χ3n) is 3.68. The zero-order chi connectivity index (χ0) is 16.4. The molecule has 1 amide bonds. The highest BCUT2D eigenvalue weighted by atomic mass is 35.5. The molecule has 4 nitrogen and oxygen atoms in total. The molecule has 2 aromatic carbocycles. The number of hydrazine groups is 1. The van der Waals surface area contributed by atoms with Gasteiger partial charge in [-0.1, -0.05) is 23.7 Å². The molecule has 0 bridgehead atoms. The van der Waals surface area contributed by atoms with E-state index in [4.69, 9.17) is 11.6 Å². The van der Waals surface area contributed by atoms with Gasteiger partial charge in [-0.15, -0.1) is 0 Å². The molecule has 3 N–H and O–H groups in total. The van der Waals surface area contributed by atoms with Gasteiger partial charge >= 0.3 is 0 Å². The van der Waals surface area contributed by atoms with Gasteiger partial charge < -0.3 is 5.32 Å². The molecule has 2 unspecified atom stereocenters. The van der Waals surface area contributed by atoms with Gasteiger partial charge in [0.1, 0.15) is 17.7 Å². The Hall–Kier alpha value is -2.02. The molecule has 1 heterocycles. The smallest absolute Gasteiger partial charge is 0.242 e. The van der Waals surface area contributed by atoms with Crippen molar-refractivity contribution in [1.82, 2.24) is 10.9 Å². The average molecular weight is 338 g/mol. The van der Waals surface area contributed by atoms with Crippen molar-refractivity contribution < 1.29 is 13.6 Å². The molecule has 0 spiro atoms. The Labute approximate surface area is 136 Å². The van der Waals surface area contributed by atoms with E-state index in [1.54, 1.807) is 12.1 Å². The van der Waals surface area contributed by atoms with Crippen LogP contribution < -0.4 is 16.2 Å². The van der Waals surface area contributed by atoms with Gasteiger partial charge in [-0.25, -0.2) is 19.6 Å². The van der Waals surface area contributed by atoms with Crippen molar-refractivity contribution in [2.45, 2.75) is 18.5 Å². The zero-order valence-corrected chi connectivity index (χ0v) is 12.7. The maximum atomic E-state index is 13.0. The summed E-state index contributed by atoms with van der Waals surface area (Å²) in [6.07, 6.45) is 0.496. The maximum absolute atomic E-state index is 13.0. The molecule has 120 valence electrons. The Balaban J connectivity index is 1.64. The standard InChI is InChI=1S/C16H14ClF2N3O/c17-12-7-11(19)5-6-13(12)20-16(23)15-8-14(21-22-15)9-1-3-10(18)4-2-9/h1-7,14-15,21-22H,8H2,(H,20,23). The first-order valence-electron chi connectivity index (χ1n) is 7.05. The molecule has 0 aliphatic carbocycles. The molecule has 0 aromatic heterocycles. The minimum absolute atomic E-state index is 0.102. The number of anilines is 1. The minimum atomic E-state index is -0.480. The Morgan fingerprint density at radius 1 is 1.09 bits per heavy atom. The van der Waals surface area contributed by atoms with Crippen LogP contribution in [0.1, 0.15) is 18.0 Å². The Morgan fingerprint density at radius 2 is 1.78 bits per heavy atom. The summed E-state index contributed by atoms with van der Waals surface area (Å²) in [4.78, 5) is 12.3. The number of halogens is 3. The second-order valence-electron chi connectivity index (χ2n) is 5.29. The zero-order valence-electron chi connectivity index (χ0n) is 11.9. The number of hydrogen-bond donors (Lipinski definition) is 3. The van der Waals surface area contributed by atoms with Gasteiger partial charge in [0.15, 0.2) is 0 Å². The molecule has 7 heteroatoms. The van der Waals surface area contributed by atoms with Crippen LogP contribution in [-0.2, 0) is 4.79 Å². The van der Waals surface area contributed by atoms with E-state index in [9.17, 15) is 13.6 Å². The summed E-state index contributed by atoms with van der Waals surface area (Å²) in [6.45, 7) is 0. The fourth-order valence-electron chi connectivity index (χ4n) is 2.45. The molecule has 1 aliphatic rings. The molecule has 1 saturated heterocycles. The Kier molecular flexibility index (Phi) is 4.56. The number of rotatable bonds is 3. The van der Waals surface area contributed by atoms with Gasteiger partial charge in [0.25, 0.3) is 0 Å². The van der Waals surface area contributed by atoms with Gasteiger partial charge in [-0.2, -0.15) is 0 Å². The van der Waals surface area contributed by atoms with Gasteiger partial charge in [-0.3, -0.25) is 4.79 Å². The predicted molar refractivity (Wildman–Crippen MR) is 83.9 cm³/mol. The quantitative estimate of drug-likeness (QED) is 0.806. The third kappa shape index (κ3) is 3.67. The molecule has 2 atom stereocenters. The first-order valence-corrected chi connectivity index (χ1v) is 7.43. The molecular weight excluding hydrogens is 324 g/mol. The van der Waals surface area contributed by atoms with Crippen molar-refractivity contribution >= 4 is 23.2 Å². The van der Waals surface area contributed by atoms with Crippen LogP contribution in [0.4, 0.5) is 14.5 Å². The monoisotopic (exact) mass is 337 g/mol. The minimum Gasteiger partial charge on any atom is -0.323 e. The molecular formula is C16H14ClF2N3O. The largest absolute Gasteiger partial charge is 0.323 e. The van der Waals surface area contributed by atoms with E-state index in [2.05, 4.69) is 16.2 Å². The van der Waals surface area contributed by atoms with Crippen molar-refractivity contribution in [3.8, 4) is 0 Å². The lowest BCUT2D eigenvalue weighted by Crippen LogP contribution is -2.39. The van der Waals surface area contributed by atoms with Gasteiger partial charge in [0.2, 0.25) is 5.91 Å². The number of amides is 1. The summed E-state index contributed by atoms with van der Waals surface area (Å²) in [7, 11) is 0. The summed E-state index contributed by atoms with van der Waals surface area (Å²) in [5, 5.41) is 2.80. The molecule has 0 saturated carbocycles. The van der Waals surface area contributed by atoms with E-state index < -0.39 is 11.9 Å². The van der Waals surface area contributed by atoms with Crippen molar-refractivity contribution in [2.75, 3.05) is 5.32 Å². The van der Waals surface area contributed by atoms with E-state index in [0.717, 1.165) is 11.6 Å².